The standard InChI is InChI=1S/C25H27NO4/c1-27-21-15-20(22(28-2)13-18(21)16-8-6-5-7-9-16)25-19-14-24(30-4)23(29-3)12-17(19)10-11-26-25/h5-9,12-15,25-26H,10-11H2,1-4H3. The average Bonchev–Trinajstić information content (AvgIpc) is 2.82. The van der Waals surface area contributed by atoms with Crippen molar-refractivity contribution in [2.45, 2.75) is 12.5 Å². The Morgan fingerprint density at radius 1 is 0.700 bits per heavy atom. The Kier molecular flexibility index (Phi) is 5.81. The molecule has 0 bridgehead atoms. The van der Waals surface area contributed by atoms with Crippen LogP contribution < -0.4 is 24.3 Å². The summed E-state index contributed by atoms with van der Waals surface area (Å²) in [7, 11) is 6.74. The first kappa shape index (κ1) is 20.1. The Morgan fingerprint density at radius 2 is 1.33 bits per heavy atom. The molecule has 3 aromatic rings. The first-order valence-corrected chi connectivity index (χ1v) is 9.99. The highest BCUT2D eigenvalue weighted by Crippen LogP contribution is 2.43. The molecule has 0 aromatic heterocycles. The van der Waals surface area contributed by atoms with E-state index >= 15 is 0 Å². The van der Waals surface area contributed by atoms with E-state index in [1.54, 1.807) is 28.4 Å². The number of nitrogens with one attached hydrogen (secondary N) is 1. The Labute approximate surface area is 177 Å². The lowest BCUT2D eigenvalue weighted by Gasteiger charge is -2.30. The highest BCUT2D eigenvalue weighted by Gasteiger charge is 2.27. The molecular weight excluding hydrogens is 378 g/mol. The van der Waals surface area contributed by atoms with Gasteiger partial charge in [-0.05, 0) is 47.4 Å². The lowest BCUT2D eigenvalue weighted by Crippen LogP contribution is -2.31. The van der Waals surface area contributed by atoms with Gasteiger partial charge >= 0.3 is 0 Å². The van der Waals surface area contributed by atoms with Gasteiger partial charge in [0.1, 0.15) is 11.5 Å². The van der Waals surface area contributed by atoms with E-state index in [0.29, 0.717) is 0 Å². The largest absolute Gasteiger partial charge is 0.496 e. The first-order valence-electron chi connectivity index (χ1n) is 9.99. The van der Waals surface area contributed by atoms with Crippen LogP contribution in [0.3, 0.4) is 0 Å². The third-order valence-corrected chi connectivity index (χ3v) is 5.65. The van der Waals surface area contributed by atoms with E-state index in [0.717, 1.165) is 58.2 Å². The molecule has 4 rings (SSSR count). The molecule has 0 fully saturated rings. The molecule has 0 spiro atoms. The normalized spacial score (nSPS) is 15.3. The molecule has 1 N–H and O–H groups in total. The van der Waals surface area contributed by atoms with Crippen molar-refractivity contribution in [3.63, 3.8) is 0 Å². The zero-order valence-electron chi connectivity index (χ0n) is 17.8. The number of benzene rings is 3. The van der Waals surface area contributed by atoms with Crippen LogP contribution in [-0.2, 0) is 6.42 Å². The zero-order valence-corrected chi connectivity index (χ0v) is 17.8. The van der Waals surface area contributed by atoms with Gasteiger partial charge in [-0.3, -0.25) is 0 Å². The van der Waals surface area contributed by atoms with Crippen molar-refractivity contribution < 1.29 is 18.9 Å². The maximum atomic E-state index is 5.83. The van der Waals surface area contributed by atoms with E-state index in [4.69, 9.17) is 18.9 Å². The molecule has 1 aliphatic rings. The second-order valence-electron chi connectivity index (χ2n) is 7.20. The van der Waals surface area contributed by atoms with Gasteiger partial charge in [0.25, 0.3) is 0 Å². The number of methoxy groups -OCH3 is 4. The third kappa shape index (κ3) is 3.57. The van der Waals surface area contributed by atoms with Crippen LogP contribution in [0.4, 0.5) is 0 Å². The minimum Gasteiger partial charge on any atom is -0.496 e. The van der Waals surface area contributed by atoms with E-state index in [1.807, 2.05) is 18.2 Å². The molecule has 0 radical (unpaired) electrons. The third-order valence-electron chi connectivity index (χ3n) is 5.65. The average molecular weight is 405 g/mol. The quantitative estimate of drug-likeness (QED) is 0.648. The number of rotatable bonds is 6. The van der Waals surface area contributed by atoms with E-state index in [2.05, 4.69) is 41.7 Å². The SMILES string of the molecule is COc1cc2c(cc1OC)C(c1cc(OC)c(-c3ccccc3)cc1OC)NCC2. The Balaban J connectivity index is 1.86. The predicted molar refractivity (Wildman–Crippen MR) is 118 cm³/mol. The molecule has 156 valence electrons. The molecular formula is C25H27NO4. The van der Waals surface area contributed by atoms with E-state index in [9.17, 15) is 0 Å². The molecule has 30 heavy (non-hydrogen) atoms. The highest BCUT2D eigenvalue weighted by atomic mass is 16.5. The second kappa shape index (κ2) is 8.67. The molecule has 0 amide bonds. The molecule has 1 aliphatic heterocycles. The van der Waals surface area contributed by atoms with E-state index < -0.39 is 0 Å². The van der Waals surface area contributed by atoms with Gasteiger partial charge in [0.05, 0.1) is 34.5 Å². The van der Waals surface area contributed by atoms with Gasteiger partial charge in [0.2, 0.25) is 0 Å². The monoisotopic (exact) mass is 405 g/mol. The van der Waals surface area contributed by atoms with Crippen LogP contribution in [0.5, 0.6) is 23.0 Å². The molecule has 1 heterocycles. The maximum absolute atomic E-state index is 5.83. The summed E-state index contributed by atoms with van der Waals surface area (Å²) in [5, 5.41) is 3.63. The smallest absolute Gasteiger partial charge is 0.161 e. The number of fused-ring (bicyclic) bond motifs is 1. The van der Waals surface area contributed by atoms with Crippen molar-refractivity contribution in [3.05, 3.63) is 71.3 Å². The summed E-state index contributed by atoms with van der Waals surface area (Å²) in [6, 6.07) is 18.4. The topological polar surface area (TPSA) is 49.0 Å². The van der Waals surface area contributed by atoms with Crippen LogP contribution in [0.2, 0.25) is 0 Å². The predicted octanol–water partition coefficient (Wildman–Crippen LogP) is 4.62. The second-order valence-corrected chi connectivity index (χ2v) is 7.20. The lowest BCUT2D eigenvalue weighted by molar-refractivity contribution is 0.352. The van der Waals surface area contributed by atoms with Crippen LogP contribution in [0.15, 0.2) is 54.6 Å². The van der Waals surface area contributed by atoms with Crippen molar-refractivity contribution in [2.75, 3.05) is 35.0 Å². The van der Waals surface area contributed by atoms with E-state index in [-0.39, 0.29) is 6.04 Å². The van der Waals surface area contributed by atoms with Crippen molar-refractivity contribution in [3.8, 4) is 34.1 Å². The fourth-order valence-electron chi connectivity index (χ4n) is 4.15. The fourth-order valence-corrected chi connectivity index (χ4v) is 4.15. The Hall–Kier alpha value is -3.18. The van der Waals surface area contributed by atoms with Crippen molar-refractivity contribution >= 4 is 0 Å². The summed E-state index contributed by atoms with van der Waals surface area (Å²) >= 11 is 0. The Morgan fingerprint density at radius 3 is 2.00 bits per heavy atom. The van der Waals surface area contributed by atoms with Crippen molar-refractivity contribution in [1.82, 2.24) is 5.32 Å². The Bertz CT molecular complexity index is 1030. The number of hydrogen-bond acceptors (Lipinski definition) is 5. The highest BCUT2D eigenvalue weighted by molar-refractivity contribution is 5.74. The van der Waals surface area contributed by atoms with Gasteiger partial charge in [-0.15, -0.1) is 0 Å². The van der Waals surface area contributed by atoms with Crippen LogP contribution in [0.1, 0.15) is 22.7 Å². The van der Waals surface area contributed by atoms with Crippen LogP contribution in [0.25, 0.3) is 11.1 Å². The maximum Gasteiger partial charge on any atom is 0.161 e. The van der Waals surface area contributed by atoms with Gasteiger partial charge in [0.15, 0.2) is 11.5 Å². The molecule has 5 heteroatoms. The first-order chi connectivity index (χ1) is 14.7. The summed E-state index contributed by atoms with van der Waals surface area (Å²) in [5.74, 6) is 3.10. The van der Waals surface area contributed by atoms with Gasteiger partial charge in [-0.25, -0.2) is 0 Å². The minimum absolute atomic E-state index is 0.0396. The number of hydrogen-bond donors (Lipinski definition) is 1. The molecule has 1 atom stereocenters. The molecule has 0 saturated carbocycles. The summed E-state index contributed by atoms with van der Waals surface area (Å²) < 4.78 is 22.7. The van der Waals surface area contributed by atoms with Crippen molar-refractivity contribution in [2.24, 2.45) is 0 Å². The number of ether oxygens (including phenoxy) is 4. The van der Waals surface area contributed by atoms with Crippen LogP contribution in [0, 0.1) is 0 Å². The summed E-state index contributed by atoms with van der Waals surface area (Å²) in [5.41, 5.74) is 5.52. The van der Waals surface area contributed by atoms with Gasteiger partial charge in [0, 0.05) is 17.7 Å². The summed E-state index contributed by atoms with van der Waals surface area (Å²) in [6.45, 7) is 0.860. The fraction of sp³-hybridized carbons (Fsp3) is 0.280. The molecule has 5 nitrogen and oxygen atoms in total. The molecule has 0 saturated heterocycles. The van der Waals surface area contributed by atoms with Gasteiger partial charge in [-0.1, -0.05) is 30.3 Å². The molecule has 0 aliphatic carbocycles. The minimum atomic E-state index is -0.0396. The van der Waals surface area contributed by atoms with Gasteiger partial charge < -0.3 is 24.3 Å². The molecule has 1 unspecified atom stereocenters. The zero-order chi connectivity index (χ0) is 21.1. The van der Waals surface area contributed by atoms with Gasteiger partial charge in [-0.2, -0.15) is 0 Å². The molecule has 3 aromatic carbocycles. The summed E-state index contributed by atoms with van der Waals surface area (Å²) in [6.07, 6.45) is 0.924. The van der Waals surface area contributed by atoms with Crippen molar-refractivity contribution in [1.29, 1.82) is 0 Å². The van der Waals surface area contributed by atoms with E-state index in [1.165, 1.54) is 5.56 Å². The van der Waals surface area contributed by atoms with Crippen LogP contribution >= 0.6 is 0 Å². The lowest BCUT2D eigenvalue weighted by atomic mass is 9.87. The van der Waals surface area contributed by atoms with Crippen LogP contribution in [-0.4, -0.2) is 35.0 Å². The summed E-state index contributed by atoms with van der Waals surface area (Å²) in [4.78, 5) is 0.